The second-order valence-electron chi connectivity index (χ2n) is 7.69. The molecule has 0 saturated heterocycles. The van der Waals surface area contributed by atoms with Crippen molar-refractivity contribution in [1.82, 2.24) is 0 Å². The van der Waals surface area contributed by atoms with Gasteiger partial charge in [0, 0.05) is 6.61 Å². The molecule has 2 fully saturated rings. The molecule has 0 amide bonds. The maximum absolute atomic E-state index is 9.18. The van der Waals surface area contributed by atoms with Gasteiger partial charge < -0.3 is 5.11 Å². The third kappa shape index (κ3) is 4.21. The molecule has 0 aromatic heterocycles. The number of hydrogen-bond donors (Lipinski definition) is 1. The van der Waals surface area contributed by atoms with Crippen LogP contribution in [-0.2, 0) is 0 Å². The molecule has 0 bridgehead atoms. The first-order valence-electron chi connectivity index (χ1n) is 8.78. The summed E-state index contributed by atoms with van der Waals surface area (Å²) in [6.07, 6.45) is 15.4. The van der Waals surface area contributed by atoms with Crippen molar-refractivity contribution in [1.29, 1.82) is 0 Å². The lowest BCUT2D eigenvalue weighted by Gasteiger charge is -2.42. The molecule has 2 rings (SSSR count). The molecule has 19 heavy (non-hydrogen) atoms. The fourth-order valence-electron chi connectivity index (χ4n) is 4.68. The smallest absolute Gasteiger partial charge is 0.0436 e. The van der Waals surface area contributed by atoms with Crippen molar-refractivity contribution in [2.75, 3.05) is 6.61 Å². The minimum Gasteiger partial charge on any atom is -0.396 e. The minimum absolute atomic E-state index is 0.378. The largest absolute Gasteiger partial charge is 0.396 e. The first-order valence-corrected chi connectivity index (χ1v) is 8.78. The lowest BCUT2D eigenvalue weighted by molar-refractivity contribution is 0.0823. The first-order chi connectivity index (χ1) is 9.17. The Kier molecular flexibility index (Phi) is 5.74. The van der Waals surface area contributed by atoms with Gasteiger partial charge in [0.1, 0.15) is 0 Å². The molecule has 2 saturated carbocycles. The molecule has 1 N–H and O–H groups in total. The van der Waals surface area contributed by atoms with Crippen molar-refractivity contribution in [3.63, 3.8) is 0 Å². The Bertz CT molecular complexity index is 244. The van der Waals surface area contributed by atoms with Gasteiger partial charge in [0.05, 0.1) is 0 Å². The number of aliphatic hydroxyl groups excluding tert-OH is 1. The molecule has 112 valence electrons. The number of rotatable bonds is 5. The average Bonchev–Trinajstić information content (AvgIpc) is 2.41. The lowest BCUT2D eigenvalue weighted by atomic mass is 9.64. The highest BCUT2D eigenvalue weighted by atomic mass is 16.3. The molecular weight excluding hydrogens is 232 g/mol. The minimum atomic E-state index is 0.378. The van der Waals surface area contributed by atoms with E-state index in [2.05, 4.69) is 13.8 Å². The quantitative estimate of drug-likeness (QED) is 0.727. The van der Waals surface area contributed by atoms with Crippen LogP contribution in [0.5, 0.6) is 0 Å². The molecule has 0 radical (unpaired) electrons. The van der Waals surface area contributed by atoms with Gasteiger partial charge in [0.25, 0.3) is 0 Å². The Hall–Kier alpha value is -0.0400. The van der Waals surface area contributed by atoms with Crippen molar-refractivity contribution in [3.05, 3.63) is 0 Å². The zero-order valence-electron chi connectivity index (χ0n) is 13.2. The highest BCUT2D eigenvalue weighted by Gasteiger charge is 2.35. The number of aliphatic hydroxyl groups is 1. The molecule has 0 aliphatic heterocycles. The highest BCUT2D eigenvalue weighted by Crippen LogP contribution is 2.47. The van der Waals surface area contributed by atoms with E-state index >= 15 is 0 Å². The van der Waals surface area contributed by atoms with Gasteiger partial charge >= 0.3 is 0 Å². The average molecular weight is 266 g/mol. The van der Waals surface area contributed by atoms with Crippen LogP contribution < -0.4 is 0 Å². The normalized spacial score (nSPS) is 40.3. The third-order valence-corrected chi connectivity index (χ3v) is 6.21. The molecule has 1 nitrogen and oxygen atoms in total. The summed E-state index contributed by atoms with van der Waals surface area (Å²) in [5, 5.41) is 9.18. The van der Waals surface area contributed by atoms with Crippen LogP contribution >= 0.6 is 0 Å². The van der Waals surface area contributed by atoms with Crippen molar-refractivity contribution in [2.24, 2.45) is 23.2 Å². The van der Waals surface area contributed by atoms with Gasteiger partial charge in [0.15, 0.2) is 0 Å². The summed E-state index contributed by atoms with van der Waals surface area (Å²) in [7, 11) is 0. The van der Waals surface area contributed by atoms with E-state index in [0.29, 0.717) is 12.0 Å². The first kappa shape index (κ1) is 15.4. The Morgan fingerprint density at radius 2 is 1.53 bits per heavy atom. The van der Waals surface area contributed by atoms with Crippen molar-refractivity contribution in [2.45, 2.75) is 84.5 Å². The van der Waals surface area contributed by atoms with E-state index in [1.54, 1.807) is 0 Å². The topological polar surface area (TPSA) is 20.2 Å². The predicted octanol–water partition coefficient (Wildman–Crippen LogP) is 5.17. The maximum Gasteiger partial charge on any atom is 0.0436 e. The van der Waals surface area contributed by atoms with Crippen molar-refractivity contribution < 1.29 is 5.11 Å². The van der Waals surface area contributed by atoms with Gasteiger partial charge in [0.2, 0.25) is 0 Å². The van der Waals surface area contributed by atoms with Gasteiger partial charge in [-0.05, 0) is 68.1 Å². The molecule has 0 aromatic carbocycles. The Morgan fingerprint density at radius 1 is 0.947 bits per heavy atom. The molecule has 2 aliphatic carbocycles. The van der Waals surface area contributed by atoms with Crippen LogP contribution in [0, 0.1) is 23.2 Å². The van der Waals surface area contributed by atoms with E-state index in [1.165, 1.54) is 64.2 Å². The monoisotopic (exact) mass is 266 g/mol. The van der Waals surface area contributed by atoms with E-state index in [-0.39, 0.29) is 0 Å². The fraction of sp³-hybridized carbons (Fsp3) is 1.00. The Balaban J connectivity index is 1.73. The second kappa shape index (κ2) is 7.11. The SMILES string of the molecule is CCCC1CCC(C2CCC(C)(CCO)CC2)CC1. The molecule has 0 unspecified atom stereocenters. The zero-order chi connectivity index (χ0) is 13.7. The van der Waals surface area contributed by atoms with Gasteiger partial charge in [-0.1, -0.05) is 39.5 Å². The summed E-state index contributed by atoms with van der Waals surface area (Å²) in [5.74, 6) is 3.09. The van der Waals surface area contributed by atoms with Crippen LogP contribution in [-0.4, -0.2) is 11.7 Å². The van der Waals surface area contributed by atoms with Crippen LogP contribution in [0.2, 0.25) is 0 Å². The molecule has 0 atom stereocenters. The highest BCUT2D eigenvalue weighted by molar-refractivity contribution is 4.86. The van der Waals surface area contributed by atoms with Crippen LogP contribution in [0.3, 0.4) is 0 Å². The predicted molar refractivity (Wildman–Crippen MR) is 82.1 cm³/mol. The molecule has 0 heterocycles. The second-order valence-corrected chi connectivity index (χ2v) is 7.69. The van der Waals surface area contributed by atoms with Gasteiger partial charge in [-0.2, -0.15) is 0 Å². The van der Waals surface area contributed by atoms with E-state index in [0.717, 1.165) is 24.2 Å². The van der Waals surface area contributed by atoms with E-state index in [1.807, 2.05) is 0 Å². The molecule has 0 spiro atoms. The Morgan fingerprint density at radius 3 is 2.05 bits per heavy atom. The van der Waals surface area contributed by atoms with Crippen LogP contribution in [0.1, 0.15) is 84.5 Å². The van der Waals surface area contributed by atoms with Crippen LogP contribution in [0.25, 0.3) is 0 Å². The maximum atomic E-state index is 9.18. The van der Waals surface area contributed by atoms with Gasteiger partial charge in [-0.15, -0.1) is 0 Å². The fourth-order valence-corrected chi connectivity index (χ4v) is 4.68. The van der Waals surface area contributed by atoms with Gasteiger partial charge in [-0.25, -0.2) is 0 Å². The van der Waals surface area contributed by atoms with Crippen LogP contribution in [0.15, 0.2) is 0 Å². The summed E-state index contributed by atoms with van der Waals surface area (Å²) in [5.41, 5.74) is 0.449. The summed E-state index contributed by atoms with van der Waals surface area (Å²) in [4.78, 5) is 0. The summed E-state index contributed by atoms with van der Waals surface area (Å²) in [6, 6.07) is 0. The molecule has 2 aliphatic rings. The zero-order valence-corrected chi connectivity index (χ0v) is 13.2. The molecular formula is C18H34O. The van der Waals surface area contributed by atoms with E-state index in [4.69, 9.17) is 0 Å². The molecule has 0 aromatic rings. The van der Waals surface area contributed by atoms with E-state index < -0.39 is 0 Å². The summed E-state index contributed by atoms with van der Waals surface area (Å²) < 4.78 is 0. The van der Waals surface area contributed by atoms with Crippen molar-refractivity contribution >= 4 is 0 Å². The third-order valence-electron chi connectivity index (χ3n) is 6.21. The Labute approximate surface area is 120 Å². The lowest BCUT2D eigenvalue weighted by Crippen LogP contribution is -2.30. The standard InChI is InChI=1S/C18H34O/c1-3-4-15-5-7-16(8-6-15)17-9-11-18(2,12-10-17)13-14-19/h15-17,19H,3-14H2,1-2H3. The van der Waals surface area contributed by atoms with E-state index in [9.17, 15) is 5.11 Å². The summed E-state index contributed by atoms with van der Waals surface area (Å²) >= 11 is 0. The van der Waals surface area contributed by atoms with Crippen molar-refractivity contribution in [3.8, 4) is 0 Å². The molecule has 1 heteroatoms. The number of hydrogen-bond acceptors (Lipinski definition) is 1. The van der Waals surface area contributed by atoms with Gasteiger partial charge in [-0.3, -0.25) is 0 Å². The summed E-state index contributed by atoms with van der Waals surface area (Å²) in [6.45, 7) is 5.09. The van der Waals surface area contributed by atoms with Crippen LogP contribution in [0.4, 0.5) is 0 Å².